The molecule has 0 radical (unpaired) electrons. The van der Waals surface area contributed by atoms with Gasteiger partial charge in [0.05, 0.1) is 31.2 Å². The molecule has 2 heterocycles. The number of rotatable bonds is 7. The number of anilines is 1. The smallest absolute Gasteiger partial charge is 0.132 e. The minimum atomic E-state index is -0.0328. The highest BCUT2D eigenvalue weighted by molar-refractivity contribution is 6.13. The van der Waals surface area contributed by atoms with E-state index in [1.807, 2.05) is 31.2 Å². The third kappa shape index (κ3) is 4.85. The van der Waals surface area contributed by atoms with Gasteiger partial charge in [0.2, 0.25) is 0 Å². The van der Waals surface area contributed by atoms with Gasteiger partial charge in [0.25, 0.3) is 0 Å². The van der Waals surface area contributed by atoms with E-state index in [1.165, 1.54) is 0 Å². The summed E-state index contributed by atoms with van der Waals surface area (Å²) in [5.74, 6) is 1.68. The van der Waals surface area contributed by atoms with Gasteiger partial charge in [-0.3, -0.25) is 4.99 Å². The molecule has 1 saturated heterocycles. The van der Waals surface area contributed by atoms with Gasteiger partial charge in [0.15, 0.2) is 0 Å². The summed E-state index contributed by atoms with van der Waals surface area (Å²) in [6, 6.07) is 8.02. The monoisotopic (exact) mass is 384 g/mol. The number of aliphatic imine (C=N–C) groups is 1. The first kappa shape index (κ1) is 20.2. The largest absolute Gasteiger partial charge is 0.488 e. The second-order valence-electron chi connectivity index (χ2n) is 6.79. The maximum atomic E-state index is 5.96. The van der Waals surface area contributed by atoms with Crippen molar-refractivity contribution in [2.24, 2.45) is 4.99 Å². The molecule has 1 aromatic carbocycles. The minimum absolute atomic E-state index is 0.0328. The molecule has 0 amide bonds. The molecule has 1 fully saturated rings. The number of hydrogen-bond acceptors (Lipinski definition) is 7. The Kier molecular flexibility index (Phi) is 6.95. The van der Waals surface area contributed by atoms with Gasteiger partial charge in [-0.15, -0.1) is 0 Å². The second kappa shape index (κ2) is 9.61. The van der Waals surface area contributed by atoms with Crippen LogP contribution in [0.3, 0.4) is 0 Å². The summed E-state index contributed by atoms with van der Waals surface area (Å²) in [5, 5.41) is 0. The maximum Gasteiger partial charge on any atom is 0.132 e. The highest BCUT2D eigenvalue weighted by Crippen LogP contribution is 2.23. The van der Waals surface area contributed by atoms with E-state index >= 15 is 0 Å². The molecule has 0 spiro atoms. The van der Waals surface area contributed by atoms with Crippen LogP contribution in [0, 0.1) is 6.92 Å². The first-order valence-corrected chi connectivity index (χ1v) is 9.51. The fourth-order valence-electron chi connectivity index (χ4n) is 3.25. The lowest BCUT2D eigenvalue weighted by Crippen LogP contribution is -2.36. The van der Waals surface area contributed by atoms with Crippen molar-refractivity contribution in [1.29, 1.82) is 0 Å². The molecule has 1 atom stereocenters. The lowest BCUT2D eigenvalue weighted by atomic mass is 10.0. The van der Waals surface area contributed by atoms with Crippen molar-refractivity contribution in [2.75, 3.05) is 52.0 Å². The van der Waals surface area contributed by atoms with Crippen molar-refractivity contribution in [3.8, 4) is 5.75 Å². The molecule has 0 bridgehead atoms. The van der Waals surface area contributed by atoms with Gasteiger partial charge >= 0.3 is 0 Å². The third-order valence-corrected chi connectivity index (χ3v) is 4.66. The predicted octanol–water partition coefficient (Wildman–Crippen LogP) is 2.50. The molecule has 0 saturated carbocycles. The Labute approximate surface area is 166 Å². The molecule has 0 aliphatic carbocycles. The molecule has 0 unspecified atom stereocenters. The Morgan fingerprint density at radius 2 is 2.04 bits per heavy atom. The SMILES string of the molecule is CN=C(c1cc(N2CCOCC2)ncn1)c1cc(O[C@@H](C)COC)ccc1C. The Morgan fingerprint density at radius 1 is 1.25 bits per heavy atom. The van der Waals surface area contributed by atoms with Crippen LogP contribution in [0.4, 0.5) is 5.82 Å². The zero-order valence-corrected chi connectivity index (χ0v) is 17.0. The summed E-state index contributed by atoms with van der Waals surface area (Å²) in [6.45, 7) is 7.67. The number of aryl methyl sites for hydroxylation is 1. The average molecular weight is 384 g/mol. The van der Waals surface area contributed by atoms with E-state index in [2.05, 4.69) is 26.8 Å². The van der Waals surface area contributed by atoms with Gasteiger partial charge in [-0.1, -0.05) is 6.07 Å². The molecule has 7 heteroatoms. The van der Waals surface area contributed by atoms with Crippen molar-refractivity contribution in [2.45, 2.75) is 20.0 Å². The molecule has 150 valence electrons. The van der Waals surface area contributed by atoms with Crippen molar-refractivity contribution >= 4 is 11.5 Å². The number of ether oxygens (including phenoxy) is 3. The fraction of sp³-hybridized carbons (Fsp3) is 0.476. The molecular weight excluding hydrogens is 356 g/mol. The number of hydrogen-bond donors (Lipinski definition) is 0. The van der Waals surface area contributed by atoms with E-state index in [0.717, 1.165) is 47.2 Å². The van der Waals surface area contributed by atoms with Crippen molar-refractivity contribution < 1.29 is 14.2 Å². The first-order chi connectivity index (χ1) is 13.6. The average Bonchev–Trinajstić information content (AvgIpc) is 2.72. The number of nitrogens with zero attached hydrogens (tertiary/aromatic N) is 4. The Bertz CT molecular complexity index is 819. The molecule has 1 aliphatic heterocycles. The molecule has 0 N–H and O–H groups in total. The quantitative estimate of drug-likeness (QED) is 0.683. The third-order valence-electron chi connectivity index (χ3n) is 4.66. The molecular formula is C21H28N4O3. The molecule has 2 aromatic rings. The molecule has 28 heavy (non-hydrogen) atoms. The van der Waals surface area contributed by atoms with E-state index in [0.29, 0.717) is 19.8 Å². The number of morpholine rings is 1. The van der Waals surface area contributed by atoms with Crippen molar-refractivity contribution in [1.82, 2.24) is 9.97 Å². The van der Waals surface area contributed by atoms with Crippen LogP contribution in [0.2, 0.25) is 0 Å². The predicted molar refractivity (Wildman–Crippen MR) is 110 cm³/mol. The summed E-state index contributed by atoms with van der Waals surface area (Å²) >= 11 is 0. The molecule has 1 aliphatic rings. The van der Waals surface area contributed by atoms with Gasteiger partial charge < -0.3 is 19.1 Å². The van der Waals surface area contributed by atoms with Crippen LogP contribution in [0.15, 0.2) is 35.6 Å². The van der Waals surface area contributed by atoms with Crippen molar-refractivity contribution in [3.63, 3.8) is 0 Å². The van der Waals surface area contributed by atoms with E-state index in [1.54, 1.807) is 20.5 Å². The molecule has 3 rings (SSSR count). The lowest BCUT2D eigenvalue weighted by molar-refractivity contribution is 0.0921. The second-order valence-corrected chi connectivity index (χ2v) is 6.79. The normalized spacial score (nSPS) is 16.1. The zero-order chi connectivity index (χ0) is 19.9. The maximum absolute atomic E-state index is 5.96. The Morgan fingerprint density at radius 3 is 2.75 bits per heavy atom. The van der Waals surface area contributed by atoms with E-state index in [4.69, 9.17) is 14.2 Å². The first-order valence-electron chi connectivity index (χ1n) is 9.51. The van der Waals surface area contributed by atoms with Crippen LogP contribution < -0.4 is 9.64 Å². The minimum Gasteiger partial charge on any atom is -0.488 e. The summed E-state index contributed by atoms with van der Waals surface area (Å²) in [6.07, 6.45) is 1.57. The van der Waals surface area contributed by atoms with Gasteiger partial charge in [0, 0.05) is 38.9 Å². The van der Waals surface area contributed by atoms with Gasteiger partial charge in [-0.2, -0.15) is 0 Å². The van der Waals surface area contributed by atoms with Crippen LogP contribution in [0.25, 0.3) is 0 Å². The van der Waals surface area contributed by atoms with Crippen LogP contribution in [-0.4, -0.2) is 68.9 Å². The number of aromatic nitrogens is 2. The van der Waals surface area contributed by atoms with Crippen molar-refractivity contribution in [3.05, 3.63) is 47.4 Å². The van der Waals surface area contributed by atoms with E-state index < -0.39 is 0 Å². The van der Waals surface area contributed by atoms with Crippen LogP contribution >= 0.6 is 0 Å². The topological polar surface area (TPSA) is 69.1 Å². The summed E-state index contributed by atoms with van der Waals surface area (Å²) in [5.41, 5.74) is 3.72. The van der Waals surface area contributed by atoms with E-state index in [9.17, 15) is 0 Å². The van der Waals surface area contributed by atoms with Crippen LogP contribution in [-0.2, 0) is 9.47 Å². The number of methoxy groups -OCH3 is 1. The summed E-state index contributed by atoms with van der Waals surface area (Å²) in [4.78, 5) is 15.7. The van der Waals surface area contributed by atoms with Gasteiger partial charge in [-0.05, 0) is 31.5 Å². The number of benzene rings is 1. The Hall–Kier alpha value is -2.51. The highest BCUT2D eigenvalue weighted by Gasteiger charge is 2.17. The molecule has 1 aromatic heterocycles. The summed E-state index contributed by atoms with van der Waals surface area (Å²) in [7, 11) is 3.45. The Balaban J connectivity index is 1.89. The van der Waals surface area contributed by atoms with E-state index in [-0.39, 0.29) is 6.10 Å². The standard InChI is InChI=1S/C21H28N4O3/c1-15-5-6-17(28-16(2)13-26-4)11-18(15)21(22-3)19-12-20(24-14-23-19)25-7-9-27-10-8-25/h5-6,11-12,14,16H,7-10,13H2,1-4H3/t16-/m0/s1. The zero-order valence-electron chi connectivity index (χ0n) is 17.0. The van der Waals surface area contributed by atoms with Gasteiger partial charge in [0.1, 0.15) is 24.0 Å². The summed E-state index contributed by atoms with van der Waals surface area (Å²) < 4.78 is 16.6. The van der Waals surface area contributed by atoms with Gasteiger partial charge in [-0.25, -0.2) is 9.97 Å². The van der Waals surface area contributed by atoms with Crippen LogP contribution in [0.1, 0.15) is 23.7 Å². The highest BCUT2D eigenvalue weighted by atomic mass is 16.5. The fourth-order valence-corrected chi connectivity index (χ4v) is 3.25. The molecule has 7 nitrogen and oxygen atoms in total. The lowest BCUT2D eigenvalue weighted by Gasteiger charge is -2.27. The van der Waals surface area contributed by atoms with Crippen LogP contribution in [0.5, 0.6) is 5.75 Å².